The van der Waals surface area contributed by atoms with E-state index in [1.807, 2.05) is 0 Å². The molecular formula is C8H9ClF2N2O. The Bertz CT molecular complexity index is 333. The average Bonchev–Trinajstić information content (AvgIpc) is 2.16. The van der Waals surface area contributed by atoms with Crippen molar-refractivity contribution in [2.75, 3.05) is 7.11 Å². The van der Waals surface area contributed by atoms with Gasteiger partial charge in [-0.1, -0.05) is 11.6 Å². The molecule has 1 aromatic heterocycles. The van der Waals surface area contributed by atoms with Crippen molar-refractivity contribution >= 4 is 11.6 Å². The van der Waals surface area contributed by atoms with Crippen LogP contribution in [0.3, 0.4) is 0 Å². The first-order valence-corrected chi connectivity index (χ1v) is 4.19. The molecule has 0 radical (unpaired) electrons. The van der Waals surface area contributed by atoms with Crippen LogP contribution in [0.15, 0.2) is 6.07 Å². The second kappa shape index (κ2) is 4.52. The number of hydrogen-bond donors (Lipinski definition) is 1. The molecule has 1 heterocycles. The topological polar surface area (TPSA) is 48.1 Å². The number of ether oxygens (including phenoxy) is 1. The zero-order valence-electron chi connectivity index (χ0n) is 7.43. The van der Waals surface area contributed by atoms with Gasteiger partial charge in [-0.25, -0.2) is 13.8 Å². The Hall–Kier alpha value is -0.940. The molecule has 78 valence electrons. The quantitative estimate of drug-likeness (QED) is 0.798. The first-order chi connectivity index (χ1) is 6.60. The van der Waals surface area contributed by atoms with E-state index < -0.39 is 12.1 Å². The van der Waals surface area contributed by atoms with E-state index in [1.54, 1.807) is 0 Å². The van der Waals surface area contributed by atoms with Crippen molar-refractivity contribution in [3.63, 3.8) is 0 Å². The van der Waals surface area contributed by atoms with Gasteiger partial charge in [0.05, 0.1) is 7.11 Å². The van der Waals surface area contributed by atoms with Crippen LogP contribution in [-0.2, 0) is 6.54 Å². The van der Waals surface area contributed by atoms with Crippen molar-refractivity contribution < 1.29 is 13.5 Å². The fourth-order valence-electron chi connectivity index (χ4n) is 1.10. The van der Waals surface area contributed by atoms with Crippen LogP contribution in [0.2, 0.25) is 5.15 Å². The van der Waals surface area contributed by atoms with Gasteiger partial charge in [0.1, 0.15) is 16.6 Å². The molecule has 2 N–H and O–H groups in total. The summed E-state index contributed by atoms with van der Waals surface area (Å²) in [5, 5.41) is -0.0330. The molecule has 0 fully saturated rings. The summed E-state index contributed by atoms with van der Waals surface area (Å²) in [7, 11) is 1.36. The van der Waals surface area contributed by atoms with Gasteiger partial charge in [0, 0.05) is 18.2 Å². The molecule has 0 aliphatic heterocycles. The fraction of sp³-hybridized carbons (Fsp3) is 0.375. The number of nitrogens with two attached hydrogens (primary N) is 1. The molecule has 14 heavy (non-hydrogen) atoms. The summed E-state index contributed by atoms with van der Waals surface area (Å²) in [5.74, 6) is 0.239. The third kappa shape index (κ3) is 2.10. The SMILES string of the molecule is COc1cc(Cl)nc(C(F)F)c1CN. The number of nitrogens with zero attached hydrogens (tertiary/aromatic N) is 1. The zero-order valence-corrected chi connectivity index (χ0v) is 8.18. The van der Waals surface area contributed by atoms with Gasteiger partial charge in [-0.15, -0.1) is 0 Å². The van der Waals surface area contributed by atoms with E-state index in [-0.39, 0.29) is 23.0 Å². The first-order valence-electron chi connectivity index (χ1n) is 3.81. The Morgan fingerprint density at radius 2 is 2.29 bits per heavy atom. The maximum absolute atomic E-state index is 12.5. The van der Waals surface area contributed by atoms with E-state index in [9.17, 15) is 8.78 Å². The van der Waals surface area contributed by atoms with E-state index in [0.717, 1.165) is 0 Å². The Morgan fingerprint density at radius 3 is 2.71 bits per heavy atom. The van der Waals surface area contributed by atoms with Gasteiger partial charge in [-0.05, 0) is 0 Å². The predicted molar refractivity (Wildman–Crippen MR) is 48.6 cm³/mol. The zero-order chi connectivity index (χ0) is 10.7. The van der Waals surface area contributed by atoms with Crippen LogP contribution in [0, 0.1) is 0 Å². The van der Waals surface area contributed by atoms with Gasteiger partial charge in [0.25, 0.3) is 6.43 Å². The lowest BCUT2D eigenvalue weighted by atomic mass is 10.2. The highest BCUT2D eigenvalue weighted by atomic mass is 35.5. The molecule has 0 saturated carbocycles. The lowest BCUT2D eigenvalue weighted by molar-refractivity contribution is 0.144. The van der Waals surface area contributed by atoms with Gasteiger partial charge in [0.15, 0.2) is 0 Å². The lowest BCUT2D eigenvalue weighted by Gasteiger charge is -2.11. The molecule has 0 amide bonds. The summed E-state index contributed by atoms with van der Waals surface area (Å²) < 4.78 is 29.8. The van der Waals surface area contributed by atoms with E-state index in [0.29, 0.717) is 0 Å². The molecule has 0 atom stereocenters. The van der Waals surface area contributed by atoms with Crippen LogP contribution in [-0.4, -0.2) is 12.1 Å². The standard InChI is InChI=1S/C8H9ClF2N2O/c1-14-5-2-6(9)13-7(8(10)11)4(5)3-12/h2,8H,3,12H2,1H3. The highest BCUT2D eigenvalue weighted by Crippen LogP contribution is 2.30. The minimum absolute atomic E-state index is 0.0330. The summed E-state index contributed by atoms with van der Waals surface area (Å²) in [6.45, 7) is -0.0625. The van der Waals surface area contributed by atoms with Crippen LogP contribution in [0.4, 0.5) is 8.78 Å². The third-order valence-corrected chi connectivity index (χ3v) is 1.91. The molecule has 0 unspecified atom stereocenters. The van der Waals surface area contributed by atoms with Crippen molar-refractivity contribution in [2.45, 2.75) is 13.0 Å². The summed E-state index contributed by atoms with van der Waals surface area (Å²) in [4.78, 5) is 3.51. The number of pyridine rings is 1. The van der Waals surface area contributed by atoms with E-state index in [1.165, 1.54) is 13.2 Å². The second-order valence-corrected chi connectivity index (χ2v) is 2.90. The summed E-state index contributed by atoms with van der Waals surface area (Å²) >= 11 is 5.54. The third-order valence-electron chi connectivity index (χ3n) is 1.71. The molecule has 6 heteroatoms. The van der Waals surface area contributed by atoms with Crippen LogP contribution in [0.25, 0.3) is 0 Å². The van der Waals surface area contributed by atoms with Crippen LogP contribution >= 0.6 is 11.6 Å². The Morgan fingerprint density at radius 1 is 1.64 bits per heavy atom. The summed E-state index contributed by atoms with van der Waals surface area (Å²) in [5.41, 5.74) is 5.09. The molecule has 3 nitrogen and oxygen atoms in total. The molecule has 0 aromatic carbocycles. The Labute approximate surface area is 84.8 Å². The maximum Gasteiger partial charge on any atom is 0.280 e. The number of rotatable bonds is 3. The van der Waals surface area contributed by atoms with Crippen molar-refractivity contribution in [2.24, 2.45) is 5.73 Å². The van der Waals surface area contributed by atoms with Crippen LogP contribution in [0.1, 0.15) is 17.7 Å². The molecule has 1 rings (SSSR count). The van der Waals surface area contributed by atoms with Crippen molar-refractivity contribution in [1.29, 1.82) is 0 Å². The highest BCUT2D eigenvalue weighted by Gasteiger charge is 2.18. The number of hydrogen-bond acceptors (Lipinski definition) is 3. The van der Waals surface area contributed by atoms with Crippen molar-refractivity contribution in [3.8, 4) is 5.75 Å². The normalized spacial score (nSPS) is 10.7. The molecule has 0 spiro atoms. The maximum atomic E-state index is 12.5. The van der Waals surface area contributed by atoms with Gasteiger partial charge in [0.2, 0.25) is 0 Å². The number of methoxy groups -OCH3 is 1. The fourth-order valence-corrected chi connectivity index (χ4v) is 1.29. The average molecular weight is 223 g/mol. The van der Waals surface area contributed by atoms with E-state index in [2.05, 4.69) is 4.98 Å². The van der Waals surface area contributed by atoms with Gasteiger partial charge in [-0.3, -0.25) is 0 Å². The van der Waals surface area contributed by atoms with Gasteiger partial charge in [-0.2, -0.15) is 0 Å². The predicted octanol–water partition coefficient (Wildman–Crippen LogP) is 2.14. The van der Waals surface area contributed by atoms with E-state index in [4.69, 9.17) is 22.1 Å². The second-order valence-electron chi connectivity index (χ2n) is 2.52. The smallest absolute Gasteiger partial charge is 0.280 e. The highest BCUT2D eigenvalue weighted by molar-refractivity contribution is 6.29. The minimum Gasteiger partial charge on any atom is -0.496 e. The number of halogens is 3. The lowest BCUT2D eigenvalue weighted by Crippen LogP contribution is -2.07. The molecular weight excluding hydrogens is 214 g/mol. The van der Waals surface area contributed by atoms with Crippen LogP contribution < -0.4 is 10.5 Å². The van der Waals surface area contributed by atoms with Gasteiger partial charge < -0.3 is 10.5 Å². The summed E-state index contributed by atoms with van der Waals surface area (Å²) in [6, 6.07) is 1.36. The monoisotopic (exact) mass is 222 g/mol. The van der Waals surface area contributed by atoms with Crippen molar-refractivity contribution in [1.82, 2.24) is 4.98 Å². The molecule has 1 aromatic rings. The Kier molecular flexibility index (Phi) is 3.60. The van der Waals surface area contributed by atoms with Gasteiger partial charge >= 0.3 is 0 Å². The summed E-state index contributed by atoms with van der Waals surface area (Å²) in [6.07, 6.45) is -2.71. The largest absolute Gasteiger partial charge is 0.496 e. The van der Waals surface area contributed by atoms with Crippen molar-refractivity contribution in [3.05, 3.63) is 22.5 Å². The molecule has 0 aliphatic rings. The molecule has 0 saturated heterocycles. The molecule has 0 bridgehead atoms. The number of aromatic nitrogens is 1. The Balaban J connectivity index is 3.31. The number of alkyl halides is 2. The molecule has 0 aliphatic carbocycles. The first kappa shape index (κ1) is 11.1. The van der Waals surface area contributed by atoms with Crippen LogP contribution in [0.5, 0.6) is 5.75 Å². The minimum atomic E-state index is -2.71. The van der Waals surface area contributed by atoms with E-state index >= 15 is 0 Å².